The topological polar surface area (TPSA) is 52.3 Å². The van der Waals surface area contributed by atoms with Gasteiger partial charge in [-0.15, -0.1) is 0 Å². The van der Waals surface area contributed by atoms with Crippen molar-refractivity contribution in [2.75, 3.05) is 13.2 Å². The third-order valence-electron chi connectivity index (χ3n) is 2.72. The Bertz CT molecular complexity index is 368. The second-order valence-electron chi connectivity index (χ2n) is 4.58. The van der Waals surface area contributed by atoms with Gasteiger partial charge < -0.3 is 10.5 Å². The molecule has 0 saturated carbocycles. The fourth-order valence-corrected chi connectivity index (χ4v) is 1.78. The number of carbonyl (C=O) groups excluding carboxylic acids is 1. The van der Waals surface area contributed by atoms with Crippen LogP contribution in [0.25, 0.3) is 0 Å². The summed E-state index contributed by atoms with van der Waals surface area (Å²) in [5.74, 6) is 1.22. The molecule has 0 aliphatic heterocycles. The number of hydrogen-bond acceptors (Lipinski definition) is 3. The average Bonchev–Trinajstić information content (AvgIpc) is 2.28. The molecular weight excluding hydrogens is 214 g/mol. The van der Waals surface area contributed by atoms with E-state index >= 15 is 0 Å². The molecular formula is C14H21NO2. The second-order valence-corrected chi connectivity index (χ2v) is 4.58. The number of carbonyl (C=O) groups is 1. The molecule has 1 aromatic carbocycles. The zero-order valence-electron chi connectivity index (χ0n) is 10.8. The van der Waals surface area contributed by atoms with E-state index in [9.17, 15) is 4.79 Å². The first-order valence-corrected chi connectivity index (χ1v) is 5.95. The van der Waals surface area contributed by atoms with E-state index in [1.807, 2.05) is 39.0 Å². The van der Waals surface area contributed by atoms with E-state index in [4.69, 9.17) is 10.5 Å². The van der Waals surface area contributed by atoms with Crippen molar-refractivity contribution >= 4 is 5.78 Å². The van der Waals surface area contributed by atoms with Crippen molar-refractivity contribution in [1.82, 2.24) is 0 Å². The first kappa shape index (κ1) is 13.7. The van der Waals surface area contributed by atoms with Gasteiger partial charge in [-0.3, -0.25) is 4.79 Å². The highest BCUT2D eigenvalue weighted by Crippen LogP contribution is 2.23. The molecule has 0 saturated heterocycles. The zero-order chi connectivity index (χ0) is 12.8. The molecule has 0 aromatic heterocycles. The van der Waals surface area contributed by atoms with Gasteiger partial charge in [-0.2, -0.15) is 0 Å². The number of ketones is 1. The van der Waals surface area contributed by atoms with Crippen LogP contribution in [0, 0.1) is 19.8 Å². The molecule has 1 unspecified atom stereocenters. The quantitative estimate of drug-likeness (QED) is 0.822. The van der Waals surface area contributed by atoms with Gasteiger partial charge in [-0.1, -0.05) is 25.1 Å². The normalized spacial score (nSPS) is 12.2. The first-order chi connectivity index (χ1) is 8.04. The Hall–Kier alpha value is -1.35. The highest BCUT2D eigenvalue weighted by atomic mass is 16.5. The minimum Gasteiger partial charge on any atom is -0.493 e. The summed E-state index contributed by atoms with van der Waals surface area (Å²) < 4.78 is 5.78. The van der Waals surface area contributed by atoms with E-state index < -0.39 is 0 Å². The Labute approximate surface area is 103 Å². The lowest BCUT2D eigenvalue weighted by Crippen LogP contribution is -2.19. The standard InChI is InChI=1S/C14H21NO2/c1-10(7-13(16)8-15)9-17-14-11(2)5-4-6-12(14)3/h4-6,10H,7-9,15H2,1-3H3. The monoisotopic (exact) mass is 235 g/mol. The Kier molecular flexibility index (Phi) is 5.16. The van der Waals surface area contributed by atoms with Gasteiger partial charge in [0.25, 0.3) is 0 Å². The van der Waals surface area contributed by atoms with Gasteiger partial charge in [0.15, 0.2) is 0 Å². The molecule has 1 atom stereocenters. The van der Waals surface area contributed by atoms with Crippen molar-refractivity contribution in [1.29, 1.82) is 0 Å². The zero-order valence-corrected chi connectivity index (χ0v) is 10.8. The summed E-state index contributed by atoms with van der Waals surface area (Å²) in [5, 5.41) is 0. The maximum absolute atomic E-state index is 11.2. The van der Waals surface area contributed by atoms with Gasteiger partial charge in [0.05, 0.1) is 13.2 Å². The van der Waals surface area contributed by atoms with Crippen molar-refractivity contribution < 1.29 is 9.53 Å². The number of nitrogens with two attached hydrogens (primary N) is 1. The fourth-order valence-electron chi connectivity index (χ4n) is 1.78. The van der Waals surface area contributed by atoms with Crippen LogP contribution >= 0.6 is 0 Å². The van der Waals surface area contributed by atoms with Gasteiger partial charge in [-0.25, -0.2) is 0 Å². The fraction of sp³-hybridized carbons (Fsp3) is 0.500. The van der Waals surface area contributed by atoms with Crippen molar-refractivity contribution in [2.45, 2.75) is 27.2 Å². The number of aryl methyl sites for hydroxylation is 2. The summed E-state index contributed by atoms with van der Waals surface area (Å²) in [6.45, 7) is 6.72. The third-order valence-corrected chi connectivity index (χ3v) is 2.72. The molecule has 0 spiro atoms. The summed E-state index contributed by atoms with van der Waals surface area (Å²) >= 11 is 0. The maximum atomic E-state index is 11.2. The van der Waals surface area contributed by atoms with Crippen LogP contribution in [0.5, 0.6) is 5.75 Å². The van der Waals surface area contributed by atoms with Crippen molar-refractivity contribution in [3.8, 4) is 5.75 Å². The van der Waals surface area contributed by atoms with Crippen molar-refractivity contribution in [3.05, 3.63) is 29.3 Å². The second kappa shape index (κ2) is 6.40. The van der Waals surface area contributed by atoms with Crippen LogP contribution in [-0.4, -0.2) is 18.9 Å². The van der Waals surface area contributed by atoms with Crippen molar-refractivity contribution in [3.63, 3.8) is 0 Å². The molecule has 0 radical (unpaired) electrons. The molecule has 17 heavy (non-hydrogen) atoms. The number of benzene rings is 1. The van der Waals surface area contributed by atoms with Gasteiger partial charge >= 0.3 is 0 Å². The maximum Gasteiger partial charge on any atom is 0.146 e. The molecule has 3 heteroatoms. The molecule has 2 N–H and O–H groups in total. The van der Waals surface area contributed by atoms with E-state index in [0.29, 0.717) is 13.0 Å². The summed E-state index contributed by atoms with van der Waals surface area (Å²) in [7, 11) is 0. The Morgan fingerprint density at radius 3 is 2.47 bits per heavy atom. The van der Waals surface area contributed by atoms with E-state index in [1.165, 1.54) is 0 Å². The van der Waals surface area contributed by atoms with Crippen LogP contribution < -0.4 is 10.5 Å². The largest absolute Gasteiger partial charge is 0.493 e. The molecule has 1 aromatic rings. The lowest BCUT2D eigenvalue weighted by molar-refractivity contribution is -0.118. The highest BCUT2D eigenvalue weighted by molar-refractivity contribution is 5.80. The smallest absolute Gasteiger partial charge is 0.146 e. The third kappa shape index (κ3) is 4.19. The van der Waals surface area contributed by atoms with Crippen LogP contribution in [0.1, 0.15) is 24.5 Å². The van der Waals surface area contributed by atoms with E-state index in [0.717, 1.165) is 16.9 Å². The molecule has 1 rings (SSSR count). The van der Waals surface area contributed by atoms with E-state index in [-0.39, 0.29) is 18.2 Å². The molecule has 0 aliphatic rings. The van der Waals surface area contributed by atoms with Gasteiger partial charge in [-0.05, 0) is 30.9 Å². The summed E-state index contributed by atoms with van der Waals surface area (Å²) in [5.41, 5.74) is 7.54. The van der Waals surface area contributed by atoms with Crippen LogP contribution in [0.15, 0.2) is 18.2 Å². The molecule has 94 valence electrons. The predicted octanol–water partition coefficient (Wildman–Crippen LogP) is 2.24. The first-order valence-electron chi connectivity index (χ1n) is 5.95. The summed E-state index contributed by atoms with van der Waals surface area (Å²) in [6, 6.07) is 6.06. The SMILES string of the molecule is Cc1cccc(C)c1OCC(C)CC(=O)CN. The number of para-hydroxylation sites is 1. The molecule has 0 fully saturated rings. The summed E-state index contributed by atoms with van der Waals surface area (Å²) in [4.78, 5) is 11.2. The average molecular weight is 235 g/mol. The molecule has 0 amide bonds. The Morgan fingerprint density at radius 1 is 1.35 bits per heavy atom. The number of rotatable bonds is 6. The molecule has 0 bridgehead atoms. The van der Waals surface area contributed by atoms with Crippen LogP contribution in [0.2, 0.25) is 0 Å². The molecule has 3 nitrogen and oxygen atoms in total. The van der Waals surface area contributed by atoms with Gasteiger partial charge in [0.1, 0.15) is 11.5 Å². The highest BCUT2D eigenvalue weighted by Gasteiger charge is 2.10. The van der Waals surface area contributed by atoms with Gasteiger partial charge in [0.2, 0.25) is 0 Å². The Balaban J connectivity index is 2.53. The van der Waals surface area contributed by atoms with E-state index in [2.05, 4.69) is 0 Å². The van der Waals surface area contributed by atoms with E-state index in [1.54, 1.807) is 0 Å². The van der Waals surface area contributed by atoms with Crippen LogP contribution in [-0.2, 0) is 4.79 Å². The molecule has 0 heterocycles. The number of hydrogen-bond donors (Lipinski definition) is 1. The molecule has 0 aliphatic carbocycles. The predicted molar refractivity (Wildman–Crippen MR) is 69.3 cm³/mol. The number of Topliss-reactive ketones (excluding diaryl/α,β-unsaturated/α-hetero) is 1. The minimum atomic E-state index is 0.0857. The number of ether oxygens (including phenoxy) is 1. The lowest BCUT2D eigenvalue weighted by atomic mass is 10.1. The lowest BCUT2D eigenvalue weighted by Gasteiger charge is -2.15. The van der Waals surface area contributed by atoms with Crippen LogP contribution in [0.3, 0.4) is 0 Å². The Morgan fingerprint density at radius 2 is 1.94 bits per heavy atom. The van der Waals surface area contributed by atoms with Crippen molar-refractivity contribution in [2.24, 2.45) is 11.7 Å². The van der Waals surface area contributed by atoms with Crippen LogP contribution in [0.4, 0.5) is 0 Å². The summed E-state index contributed by atoms with van der Waals surface area (Å²) in [6.07, 6.45) is 0.488. The minimum absolute atomic E-state index is 0.0857. The van der Waals surface area contributed by atoms with Gasteiger partial charge in [0, 0.05) is 6.42 Å².